The third-order valence-corrected chi connectivity index (χ3v) is 3.58. The molecule has 90 valence electrons. The Morgan fingerprint density at radius 3 is 2.82 bits per heavy atom. The maximum atomic E-state index is 9.88. The van der Waals surface area contributed by atoms with E-state index in [1.807, 2.05) is 19.1 Å². The first-order valence-corrected chi connectivity index (χ1v) is 6.65. The van der Waals surface area contributed by atoms with Crippen LogP contribution in [0.1, 0.15) is 29.7 Å². The third-order valence-electron chi connectivity index (χ3n) is 2.84. The summed E-state index contributed by atoms with van der Waals surface area (Å²) in [6.07, 6.45) is 0. The summed E-state index contributed by atoms with van der Waals surface area (Å²) in [6.45, 7) is 4.88. The molecule has 3 heteroatoms. The second kappa shape index (κ2) is 5.34. The molecule has 1 atom stereocenters. The molecule has 0 aliphatic rings. The highest BCUT2D eigenvalue weighted by Gasteiger charge is 2.09. The first-order valence-electron chi connectivity index (χ1n) is 5.71. The van der Waals surface area contributed by atoms with Crippen LogP contribution in [-0.2, 0) is 6.54 Å². The van der Waals surface area contributed by atoms with Crippen LogP contribution in [-0.4, -0.2) is 5.11 Å². The molecule has 1 unspecified atom stereocenters. The van der Waals surface area contributed by atoms with Crippen LogP contribution in [0.2, 0.25) is 0 Å². The van der Waals surface area contributed by atoms with Gasteiger partial charge in [-0.25, -0.2) is 0 Å². The van der Waals surface area contributed by atoms with Crippen LogP contribution in [0, 0.1) is 6.92 Å². The molecule has 17 heavy (non-hydrogen) atoms. The van der Waals surface area contributed by atoms with Crippen molar-refractivity contribution in [1.29, 1.82) is 0 Å². The number of phenols is 1. The van der Waals surface area contributed by atoms with Gasteiger partial charge in [-0.15, -0.1) is 0 Å². The van der Waals surface area contributed by atoms with Crippen LogP contribution < -0.4 is 5.32 Å². The van der Waals surface area contributed by atoms with Gasteiger partial charge in [-0.3, -0.25) is 0 Å². The summed E-state index contributed by atoms with van der Waals surface area (Å²) < 4.78 is 0. The molecule has 0 bridgehead atoms. The van der Waals surface area contributed by atoms with E-state index in [1.165, 1.54) is 5.56 Å². The first-order chi connectivity index (χ1) is 8.16. The van der Waals surface area contributed by atoms with Crippen molar-refractivity contribution >= 4 is 11.3 Å². The topological polar surface area (TPSA) is 32.3 Å². The second-order valence-corrected chi connectivity index (χ2v) is 5.08. The van der Waals surface area contributed by atoms with Crippen LogP contribution in [0.25, 0.3) is 0 Å². The highest BCUT2D eigenvalue weighted by molar-refractivity contribution is 7.07. The van der Waals surface area contributed by atoms with E-state index < -0.39 is 0 Å². The molecule has 0 aliphatic carbocycles. The van der Waals surface area contributed by atoms with Gasteiger partial charge in [0.1, 0.15) is 5.75 Å². The van der Waals surface area contributed by atoms with Crippen molar-refractivity contribution in [3.63, 3.8) is 0 Å². The van der Waals surface area contributed by atoms with Crippen molar-refractivity contribution in [1.82, 2.24) is 5.32 Å². The lowest BCUT2D eigenvalue weighted by molar-refractivity contribution is 0.452. The van der Waals surface area contributed by atoms with E-state index in [2.05, 4.69) is 29.1 Å². The lowest BCUT2D eigenvalue weighted by Gasteiger charge is -2.15. The molecular formula is C14H17NOS. The maximum Gasteiger partial charge on any atom is 0.120 e. The average molecular weight is 247 g/mol. The molecule has 0 aliphatic heterocycles. The summed E-state index contributed by atoms with van der Waals surface area (Å²) in [7, 11) is 0. The summed E-state index contributed by atoms with van der Waals surface area (Å²) in [5.41, 5.74) is 3.32. The highest BCUT2D eigenvalue weighted by atomic mass is 32.1. The van der Waals surface area contributed by atoms with E-state index in [0.29, 0.717) is 5.75 Å². The fourth-order valence-corrected chi connectivity index (χ4v) is 2.46. The predicted molar refractivity (Wildman–Crippen MR) is 72.4 cm³/mol. The number of aromatic hydroxyl groups is 1. The number of phenolic OH excluding ortho intramolecular Hbond substituents is 1. The van der Waals surface area contributed by atoms with Crippen LogP contribution >= 0.6 is 11.3 Å². The molecule has 2 nitrogen and oxygen atoms in total. The van der Waals surface area contributed by atoms with Gasteiger partial charge in [0.05, 0.1) is 0 Å². The molecule has 1 aromatic heterocycles. The minimum absolute atomic E-state index is 0.149. The number of nitrogens with one attached hydrogen (secondary N) is 1. The second-order valence-electron chi connectivity index (χ2n) is 4.30. The molecule has 0 radical (unpaired) electrons. The number of rotatable bonds is 4. The fraction of sp³-hybridized carbons (Fsp3) is 0.286. The molecular weight excluding hydrogens is 230 g/mol. The molecule has 2 N–H and O–H groups in total. The first kappa shape index (κ1) is 12.1. The summed E-state index contributed by atoms with van der Waals surface area (Å²) in [4.78, 5) is 0. The Balaban J connectivity index is 2.01. The summed E-state index contributed by atoms with van der Waals surface area (Å²) >= 11 is 1.70. The van der Waals surface area contributed by atoms with E-state index in [-0.39, 0.29) is 6.04 Å². The van der Waals surface area contributed by atoms with Crippen LogP contribution in [0.4, 0.5) is 0 Å². The zero-order valence-electron chi connectivity index (χ0n) is 10.1. The lowest BCUT2D eigenvalue weighted by Crippen LogP contribution is -2.17. The van der Waals surface area contributed by atoms with E-state index in [4.69, 9.17) is 0 Å². The van der Waals surface area contributed by atoms with Gasteiger partial charge in [0, 0.05) is 18.2 Å². The predicted octanol–water partition coefficient (Wildman–Crippen LogP) is 3.61. The van der Waals surface area contributed by atoms with Crippen LogP contribution in [0.3, 0.4) is 0 Å². The Hall–Kier alpha value is -1.32. The minimum atomic E-state index is 0.149. The molecule has 0 saturated carbocycles. The van der Waals surface area contributed by atoms with Gasteiger partial charge < -0.3 is 10.4 Å². The standard InChI is InChI=1S/C14H17NOS/c1-10-3-4-13(14(16)7-10)11(2)15-8-12-5-6-17-9-12/h3-7,9,11,15-16H,8H2,1-2H3. The third kappa shape index (κ3) is 3.08. The SMILES string of the molecule is Cc1ccc(C(C)NCc2ccsc2)c(O)c1. The Kier molecular flexibility index (Phi) is 3.82. The van der Waals surface area contributed by atoms with Crippen molar-refractivity contribution in [2.75, 3.05) is 0 Å². The van der Waals surface area contributed by atoms with Crippen molar-refractivity contribution in [2.45, 2.75) is 26.4 Å². The smallest absolute Gasteiger partial charge is 0.120 e. The zero-order valence-corrected chi connectivity index (χ0v) is 10.9. The summed E-state index contributed by atoms with van der Waals surface area (Å²) in [5, 5.41) is 17.5. The minimum Gasteiger partial charge on any atom is -0.508 e. The van der Waals surface area contributed by atoms with Gasteiger partial charge in [0.25, 0.3) is 0 Å². The fourth-order valence-electron chi connectivity index (χ4n) is 1.79. The lowest BCUT2D eigenvalue weighted by atomic mass is 10.0. The monoisotopic (exact) mass is 247 g/mol. The average Bonchev–Trinajstić information content (AvgIpc) is 2.78. The van der Waals surface area contributed by atoms with Crippen molar-refractivity contribution in [2.24, 2.45) is 0 Å². The van der Waals surface area contributed by atoms with Crippen molar-refractivity contribution in [3.8, 4) is 5.75 Å². The van der Waals surface area contributed by atoms with E-state index >= 15 is 0 Å². The zero-order chi connectivity index (χ0) is 12.3. The Morgan fingerprint density at radius 2 is 2.18 bits per heavy atom. The molecule has 0 amide bonds. The molecule has 2 aromatic rings. The highest BCUT2D eigenvalue weighted by Crippen LogP contribution is 2.25. The number of hydrogen-bond donors (Lipinski definition) is 2. The normalized spacial score (nSPS) is 12.6. The van der Waals surface area contributed by atoms with Gasteiger partial charge >= 0.3 is 0 Å². The molecule has 0 fully saturated rings. The van der Waals surface area contributed by atoms with Gasteiger partial charge in [-0.1, -0.05) is 12.1 Å². The summed E-state index contributed by atoms with van der Waals surface area (Å²) in [5.74, 6) is 0.371. The van der Waals surface area contributed by atoms with Gasteiger partial charge in [-0.2, -0.15) is 11.3 Å². The Bertz CT molecular complexity index is 479. The van der Waals surface area contributed by atoms with E-state index in [9.17, 15) is 5.11 Å². The van der Waals surface area contributed by atoms with Gasteiger partial charge in [0.15, 0.2) is 0 Å². The molecule has 0 spiro atoms. The Morgan fingerprint density at radius 1 is 1.35 bits per heavy atom. The largest absolute Gasteiger partial charge is 0.508 e. The molecule has 1 aromatic carbocycles. The molecule has 2 rings (SSSR count). The summed E-state index contributed by atoms with van der Waals surface area (Å²) in [6, 6.07) is 8.07. The van der Waals surface area contributed by atoms with Gasteiger partial charge in [-0.05, 0) is 47.9 Å². The van der Waals surface area contributed by atoms with Crippen molar-refractivity contribution in [3.05, 3.63) is 51.7 Å². The van der Waals surface area contributed by atoms with Gasteiger partial charge in [0.2, 0.25) is 0 Å². The van der Waals surface area contributed by atoms with Crippen LogP contribution in [0.5, 0.6) is 5.75 Å². The van der Waals surface area contributed by atoms with Crippen LogP contribution in [0.15, 0.2) is 35.0 Å². The number of thiophene rings is 1. The maximum absolute atomic E-state index is 9.88. The van der Waals surface area contributed by atoms with E-state index in [0.717, 1.165) is 17.7 Å². The Labute approximate surface area is 106 Å². The number of hydrogen-bond acceptors (Lipinski definition) is 3. The van der Waals surface area contributed by atoms with Crippen molar-refractivity contribution < 1.29 is 5.11 Å². The number of aryl methyl sites for hydroxylation is 1. The quantitative estimate of drug-likeness (QED) is 0.865. The number of benzene rings is 1. The molecule has 0 saturated heterocycles. The molecule has 1 heterocycles. The van der Waals surface area contributed by atoms with E-state index in [1.54, 1.807) is 17.4 Å².